The number of non-ortho nitro benzene ring substituents is 1. The van der Waals surface area contributed by atoms with Crippen molar-refractivity contribution in [2.24, 2.45) is 11.1 Å². The summed E-state index contributed by atoms with van der Waals surface area (Å²) in [7, 11) is 1.28. The average molecular weight is 310 g/mol. The Labute approximate surface area is 127 Å². The molecule has 8 heteroatoms. The van der Waals surface area contributed by atoms with Gasteiger partial charge in [0.2, 0.25) is 0 Å². The topological polar surface area (TPSA) is 111 Å². The summed E-state index contributed by atoms with van der Waals surface area (Å²) >= 11 is 0. The predicted molar refractivity (Wildman–Crippen MR) is 78.2 cm³/mol. The second-order valence-corrected chi connectivity index (χ2v) is 4.49. The highest BCUT2D eigenvalue weighted by Crippen LogP contribution is 2.18. The van der Waals surface area contributed by atoms with E-state index in [-0.39, 0.29) is 5.69 Å². The van der Waals surface area contributed by atoms with Crippen molar-refractivity contribution in [3.05, 3.63) is 34.4 Å². The summed E-state index contributed by atoms with van der Waals surface area (Å²) in [5, 5.41) is 21.9. The van der Waals surface area contributed by atoms with Crippen LogP contribution in [0.4, 0.5) is 5.69 Å². The zero-order valence-electron chi connectivity index (χ0n) is 12.2. The predicted octanol–water partition coefficient (Wildman–Crippen LogP) is 2.39. The summed E-state index contributed by atoms with van der Waals surface area (Å²) in [5.41, 5.74) is 0.0107. The zero-order valence-corrected chi connectivity index (χ0v) is 12.2. The Hall–Kier alpha value is -2.64. The zero-order chi connectivity index (χ0) is 16.4. The maximum atomic E-state index is 11.4. The number of nitro benzene ring substituents is 1. The standard InChI is InChI=1S/C14H18N2O6/c1-21-14(17)11(10-15-18)4-2-3-9-22-13-7-5-12(6-8-13)16(19)20/h5-8,10-11,18H,2-4,9H2,1H3/b15-10-. The van der Waals surface area contributed by atoms with E-state index in [2.05, 4.69) is 9.89 Å². The third-order valence-electron chi connectivity index (χ3n) is 2.98. The molecule has 0 fully saturated rings. The van der Waals surface area contributed by atoms with Gasteiger partial charge in [-0.15, -0.1) is 5.16 Å². The summed E-state index contributed by atoms with van der Waals surface area (Å²) in [6.07, 6.45) is 2.99. The first-order valence-corrected chi connectivity index (χ1v) is 6.71. The number of carbonyl (C=O) groups is 1. The van der Waals surface area contributed by atoms with E-state index in [0.717, 1.165) is 6.21 Å². The van der Waals surface area contributed by atoms with Crippen molar-refractivity contribution in [1.82, 2.24) is 0 Å². The summed E-state index contributed by atoms with van der Waals surface area (Å²) in [5.74, 6) is -0.476. The number of ether oxygens (including phenoxy) is 2. The van der Waals surface area contributed by atoms with Crippen LogP contribution in [0.1, 0.15) is 19.3 Å². The Bertz CT molecular complexity index is 515. The van der Waals surface area contributed by atoms with Crippen LogP contribution in [-0.2, 0) is 9.53 Å². The van der Waals surface area contributed by atoms with Crippen molar-refractivity contribution in [3.8, 4) is 5.75 Å². The molecule has 120 valence electrons. The van der Waals surface area contributed by atoms with E-state index in [1.54, 1.807) is 0 Å². The van der Waals surface area contributed by atoms with Crippen LogP contribution in [0.3, 0.4) is 0 Å². The fourth-order valence-electron chi connectivity index (χ4n) is 1.81. The van der Waals surface area contributed by atoms with Crippen LogP contribution in [0.25, 0.3) is 0 Å². The molecule has 1 unspecified atom stereocenters. The highest BCUT2D eigenvalue weighted by atomic mass is 16.6. The normalized spacial score (nSPS) is 12.0. The van der Waals surface area contributed by atoms with Gasteiger partial charge in [0, 0.05) is 12.1 Å². The molecular weight excluding hydrogens is 292 g/mol. The number of rotatable bonds is 9. The molecule has 0 saturated heterocycles. The molecule has 0 saturated carbocycles. The number of esters is 1. The number of benzene rings is 1. The van der Waals surface area contributed by atoms with Crippen LogP contribution in [0.15, 0.2) is 29.4 Å². The minimum absolute atomic E-state index is 0.0107. The van der Waals surface area contributed by atoms with Gasteiger partial charge in [-0.1, -0.05) is 0 Å². The fraction of sp³-hybridized carbons (Fsp3) is 0.429. The summed E-state index contributed by atoms with van der Waals surface area (Å²) in [4.78, 5) is 21.4. The van der Waals surface area contributed by atoms with Gasteiger partial charge in [-0.05, 0) is 31.4 Å². The molecule has 0 aliphatic heterocycles. The van der Waals surface area contributed by atoms with E-state index < -0.39 is 16.8 Å². The van der Waals surface area contributed by atoms with Gasteiger partial charge in [0.05, 0.1) is 30.8 Å². The van der Waals surface area contributed by atoms with Crippen LogP contribution in [0.5, 0.6) is 5.75 Å². The summed E-state index contributed by atoms with van der Waals surface area (Å²) in [6, 6.07) is 5.82. The number of methoxy groups -OCH3 is 1. The van der Waals surface area contributed by atoms with Crippen molar-refractivity contribution in [2.75, 3.05) is 13.7 Å². The molecule has 0 aliphatic carbocycles. The molecule has 1 aromatic carbocycles. The lowest BCUT2D eigenvalue weighted by Gasteiger charge is -2.09. The van der Waals surface area contributed by atoms with E-state index in [9.17, 15) is 14.9 Å². The molecule has 0 aromatic heterocycles. The number of nitro groups is 1. The number of hydrogen-bond acceptors (Lipinski definition) is 7. The van der Waals surface area contributed by atoms with E-state index in [1.807, 2.05) is 0 Å². The Morgan fingerprint density at radius 2 is 2.09 bits per heavy atom. The van der Waals surface area contributed by atoms with Crippen LogP contribution >= 0.6 is 0 Å². The number of oxime groups is 1. The maximum Gasteiger partial charge on any atom is 0.314 e. The minimum Gasteiger partial charge on any atom is -0.494 e. The van der Waals surface area contributed by atoms with Crippen LogP contribution in [0.2, 0.25) is 0 Å². The Balaban J connectivity index is 2.29. The second kappa shape index (κ2) is 9.32. The molecule has 0 heterocycles. The Kier molecular flexibility index (Phi) is 7.38. The first kappa shape index (κ1) is 17.4. The van der Waals surface area contributed by atoms with Crippen LogP contribution in [-0.4, -0.2) is 36.0 Å². The molecule has 0 bridgehead atoms. The lowest BCUT2D eigenvalue weighted by molar-refractivity contribution is -0.384. The van der Waals surface area contributed by atoms with Gasteiger partial charge in [0.25, 0.3) is 5.69 Å². The molecule has 1 aromatic rings. The van der Waals surface area contributed by atoms with E-state index in [0.29, 0.717) is 31.6 Å². The van der Waals surface area contributed by atoms with E-state index >= 15 is 0 Å². The van der Waals surface area contributed by atoms with Gasteiger partial charge in [0.15, 0.2) is 0 Å². The summed E-state index contributed by atoms with van der Waals surface area (Å²) < 4.78 is 10.0. The molecule has 0 spiro atoms. The third kappa shape index (κ3) is 5.78. The molecular formula is C14H18N2O6. The SMILES string of the molecule is COC(=O)C(/C=N\O)CCCCOc1ccc([N+](=O)[O-])cc1. The maximum absolute atomic E-state index is 11.4. The lowest BCUT2D eigenvalue weighted by atomic mass is 10.0. The number of unbranched alkanes of at least 4 members (excludes halogenated alkanes) is 1. The highest BCUT2D eigenvalue weighted by molar-refractivity contribution is 5.89. The highest BCUT2D eigenvalue weighted by Gasteiger charge is 2.16. The molecule has 1 atom stereocenters. The number of carbonyl (C=O) groups excluding carboxylic acids is 1. The Morgan fingerprint density at radius 1 is 1.41 bits per heavy atom. The van der Waals surface area contributed by atoms with Crippen LogP contribution in [0, 0.1) is 16.0 Å². The van der Waals surface area contributed by atoms with Crippen molar-refractivity contribution >= 4 is 17.9 Å². The van der Waals surface area contributed by atoms with Gasteiger partial charge in [-0.3, -0.25) is 14.9 Å². The molecule has 1 rings (SSSR count). The van der Waals surface area contributed by atoms with Gasteiger partial charge >= 0.3 is 5.97 Å². The number of nitrogens with zero attached hydrogens (tertiary/aromatic N) is 2. The minimum atomic E-state index is -0.575. The molecule has 0 amide bonds. The molecule has 22 heavy (non-hydrogen) atoms. The van der Waals surface area contributed by atoms with Gasteiger partial charge in [-0.25, -0.2) is 0 Å². The van der Waals surface area contributed by atoms with Crippen molar-refractivity contribution in [1.29, 1.82) is 0 Å². The molecule has 1 N–H and O–H groups in total. The molecule has 0 aliphatic rings. The van der Waals surface area contributed by atoms with Crippen molar-refractivity contribution < 1.29 is 24.4 Å². The average Bonchev–Trinajstić information content (AvgIpc) is 2.53. The van der Waals surface area contributed by atoms with E-state index in [4.69, 9.17) is 9.94 Å². The Morgan fingerprint density at radius 3 is 2.64 bits per heavy atom. The third-order valence-corrected chi connectivity index (χ3v) is 2.98. The fourth-order valence-corrected chi connectivity index (χ4v) is 1.81. The van der Waals surface area contributed by atoms with Crippen molar-refractivity contribution in [3.63, 3.8) is 0 Å². The monoisotopic (exact) mass is 310 g/mol. The first-order valence-electron chi connectivity index (χ1n) is 6.71. The second-order valence-electron chi connectivity index (χ2n) is 4.49. The molecule has 8 nitrogen and oxygen atoms in total. The number of hydrogen-bond donors (Lipinski definition) is 1. The van der Waals surface area contributed by atoms with Crippen molar-refractivity contribution in [2.45, 2.75) is 19.3 Å². The van der Waals surface area contributed by atoms with Crippen LogP contribution < -0.4 is 4.74 Å². The van der Waals surface area contributed by atoms with Gasteiger partial charge in [0.1, 0.15) is 5.75 Å². The quantitative estimate of drug-likeness (QED) is 0.187. The van der Waals surface area contributed by atoms with Gasteiger partial charge < -0.3 is 14.7 Å². The smallest absolute Gasteiger partial charge is 0.314 e. The largest absolute Gasteiger partial charge is 0.494 e. The van der Waals surface area contributed by atoms with Gasteiger partial charge in [-0.2, -0.15) is 0 Å². The lowest BCUT2D eigenvalue weighted by Crippen LogP contribution is -2.17. The van der Waals surface area contributed by atoms with E-state index in [1.165, 1.54) is 31.4 Å². The molecule has 0 radical (unpaired) electrons. The summed E-state index contributed by atoms with van der Waals surface area (Å²) in [6.45, 7) is 0.419. The first-order chi connectivity index (χ1) is 10.6.